The molecule has 4 aromatic rings. The summed E-state index contributed by atoms with van der Waals surface area (Å²) in [6.45, 7) is -0.519. The van der Waals surface area contributed by atoms with E-state index >= 15 is 0 Å². The maximum absolute atomic E-state index is 13.2. The lowest BCUT2D eigenvalue weighted by atomic mass is 10.1. The highest BCUT2D eigenvalue weighted by atomic mass is 16.7. The van der Waals surface area contributed by atoms with Crippen LogP contribution in [0.5, 0.6) is 0 Å². The molecule has 0 aliphatic carbocycles. The Hall–Kier alpha value is -5.89. The van der Waals surface area contributed by atoms with Gasteiger partial charge in [0.05, 0.1) is 16.7 Å². The summed E-state index contributed by atoms with van der Waals surface area (Å²) in [6, 6.07) is 23.7. The minimum Gasteiger partial charge on any atom is -0.476 e. The van der Waals surface area contributed by atoms with Crippen LogP contribution in [0, 0.1) is 0 Å². The minimum atomic E-state index is -1.69. The van der Waals surface area contributed by atoms with Gasteiger partial charge in [-0.25, -0.2) is 24.0 Å². The molecule has 2 N–H and O–H groups in total. The van der Waals surface area contributed by atoms with Gasteiger partial charge in [-0.05, 0) is 36.4 Å². The van der Waals surface area contributed by atoms with E-state index in [0.717, 1.165) is 0 Å². The van der Waals surface area contributed by atoms with Crippen LogP contribution in [0.15, 0.2) is 91.0 Å². The average molecular weight is 602 g/mol. The van der Waals surface area contributed by atoms with E-state index in [4.69, 9.17) is 18.9 Å². The van der Waals surface area contributed by atoms with Gasteiger partial charge in [-0.3, -0.25) is 0 Å². The van der Waals surface area contributed by atoms with Crippen LogP contribution in [-0.2, 0) is 18.9 Å². The monoisotopic (exact) mass is 601 g/mol. The van der Waals surface area contributed by atoms with E-state index in [1.165, 1.54) is 36.4 Å². The second kappa shape index (κ2) is 13.0. The zero-order valence-corrected chi connectivity index (χ0v) is 22.6. The maximum atomic E-state index is 13.2. The fourth-order valence-electron chi connectivity index (χ4n) is 4.37. The lowest BCUT2D eigenvalue weighted by Gasteiger charge is -2.24. The highest BCUT2D eigenvalue weighted by Crippen LogP contribution is 2.35. The quantitative estimate of drug-likeness (QED) is 0.199. The van der Waals surface area contributed by atoms with Crippen molar-refractivity contribution in [3.8, 4) is 0 Å². The number of aromatic carboxylic acids is 2. The Balaban J connectivity index is 1.53. The first-order valence-corrected chi connectivity index (χ1v) is 13.1. The van der Waals surface area contributed by atoms with Gasteiger partial charge in [0.15, 0.2) is 12.2 Å². The number of hydrogen-bond donors (Lipinski definition) is 2. The van der Waals surface area contributed by atoms with Crippen molar-refractivity contribution in [1.29, 1.82) is 0 Å². The van der Waals surface area contributed by atoms with Gasteiger partial charge in [0.2, 0.25) is 17.6 Å². The fraction of sp³-hybridized carbons (Fsp3) is 0.167. The predicted molar refractivity (Wildman–Crippen MR) is 146 cm³/mol. The molecule has 0 unspecified atom stereocenters. The third-order valence-electron chi connectivity index (χ3n) is 6.44. The smallest absolute Gasteiger partial charge is 0.359 e. The van der Waals surface area contributed by atoms with E-state index in [1.807, 2.05) is 0 Å². The number of benzene rings is 3. The molecule has 3 aromatic carbocycles. The van der Waals surface area contributed by atoms with E-state index in [0.29, 0.717) is 4.80 Å². The van der Waals surface area contributed by atoms with Crippen LogP contribution in [0.1, 0.15) is 58.3 Å². The molecule has 0 spiro atoms. The van der Waals surface area contributed by atoms with Gasteiger partial charge in [0, 0.05) is 0 Å². The van der Waals surface area contributed by atoms with Crippen molar-refractivity contribution in [3.63, 3.8) is 0 Å². The molecule has 4 atom stereocenters. The Labute approximate surface area is 248 Å². The van der Waals surface area contributed by atoms with Crippen molar-refractivity contribution in [2.45, 2.75) is 24.5 Å². The van der Waals surface area contributed by atoms with E-state index < -0.39 is 72.4 Å². The van der Waals surface area contributed by atoms with Gasteiger partial charge in [0.25, 0.3) is 0 Å². The van der Waals surface area contributed by atoms with Gasteiger partial charge in [0.1, 0.15) is 12.7 Å². The molecule has 1 aliphatic heterocycles. The molecule has 5 rings (SSSR count). The summed E-state index contributed by atoms with van der Waals surface area (Å²) in [5.41, 5.74) is -1.35. The summed E-state index contributed by atoms with van der Waals surface area (Å²) in [7, 11) is 0. The van der Waals surface area contributed by atoms with Crippen LogP contribution in [-0.4, -0.2) is 80.0 Å². The van der Waals surface area contributed by atoms with E-state index in [1.54, 1.807) is 54.6 Å². The zero-order valence-electron chi connectivity index (χ0n) is 22.6. The molecule has 0 bridgehead atoms. The first-order chi connectivity index (χ1) is 21.2. The van der Waals surface area contributed by atoms with Gasteiger partial charge >= 0.3 is 29.8 Å². The van der Waals surface area contributed by atoms with Gasteiger partial charge in [-0.15, -0.1) is 15.0 Å². The molecule has 1 fully saturated rings. The summed E-state index contributed by atoms with van der Waals surface area (Å²) >= 11 is 0. The number of ether oxygens (including phenoxy) is 4. The van der Waals surface area contributed by atoms with Crippen molar-refractivity contribution in [2.24, 2.45) is 0 Å². The van der Waals surface area contributed by atoms with Crippen LogP contribution in [0.2, 0.25) is 0 Å². The third kappa shape index (κ3) is 6.44. The van der Waals surface area contributed by atoms with Crippen LogP contribution < -0.4 is 0 Å². The Morgan fingerprint density at radius 1 is 0.636 bits per heavy atom. The first-order valence-electron chi connectivity index (χ1n) is 13.1. The topological polar surface area (TPSA) is 193 Å². The second-order valence-electron chi connectivity index (χ2n) is 9.33. The zero-order chi connectivity index (χ0) is 31.2. The Morgan fingerprint density at radius 2 is 1.05 bits per heavy atom. The van der Waals surface area contributed by atoms with Crippen molar-refractivity contribution in [1.82, 2.24) is 15.0 Å². The third-order valence-corrected chi connectivity index (χ3v) is 6.44. The number of rotatable bonds is 10. The molecular weight excluding hydrogens is 578 g/mol. The van der Waals surface area contributed by atoms with Crippen molar-refractivity contribution in [2.75, 3.05) is 6.61 Å². The highest BCUT2D eigenvalue weighted by Gasteiger charge is 2.52. The van der Waals surface area contributed by atoms with Gasteiger partial charge in [-0.2, -0.15) is 0 Å². The van der Waals surface area contributed by atoms with Gasteiger partial charge < -0.3 is 29.2 Å². The lowest BCUT2D eigenvalue weighted by Crippen LogP contribution is -2.41. The number of nitrogens with zero attached hydrogens (tertiary/aromatic N) is 3. The molecule has 2 heterocycles. The van der Waals surface area contributed by atoms with Gasteiger partial charge in [-0.1, -0.05) is 54.6 Å². The Bertz CT molecular complexity index is 1640. The molecule has 0 amide bonds. The van der Waals surface area contributed by atoms with E-state index in [-0.39, 0.29) is 16.7 Å². The summed E-state index contributed by atoms with van der Waals surface area (Å²) in [4.78, 5) is 63.1. The van der Waals surface area contributed by atoms with E-state index in [9.17, 15) is 34.2 Å². The number of carbonyl (C=O) groups excluding carboxylic acids is 3. The molecule has 14 nitrogen and oxygen atoms in total. The number of hydrogen-bond acceptors (Lipinski definition) is 11. The minimum absolute atomic E-state index is 0.115. The molecule has 0 radical (unpaired) electrons. The highest BCUT2D eigenvalue weighted by molar-refractivity contribution is 5.98. The fourth-order valence-corrected chi connectivity index (χ4v) is 4.37. The number of carboxylic acids is 2. The number of esters is 3. The Kier molecular flexibility index (Phi) is 8.72. The molecule has 1 saturated heterocycles. The summed E-state index contributed by atoms with van der Waals surface area (Å²) in [5, 5.41) is 26.5. The SMILES string of the molecule is O=C(OC[C@@H]1O[C@H](n2nc(C(=O)O)c(C(=O)O)n2)[C@@H](OC(=O)c2ccccc2)[C@H]1OC(=O)c1ccccc1)c1ccccc1. The standard InChI is InChI=1S/C30H23N3O11/c34-26(35)21-22(27(36)37)32-33(31-21)25-24(44-30(40)19-14-8-3-9-15-19)23(43-29(39)18-12-6-2-7-13-18)20(42-25)16-41-28(38)17-10-4-1-5-11-17/h1-15,20,23-25H,16H2,(H,34,35)(H,36,37)/t20-,23-,24-,25-/m0/s1. The molecule has 224 valence electrons. The Morgan fingerprint density at radius 3 is 1.48 bits per heavy atom. The van der Waals surface area contributed by atoms with E-state index in [2.05, 4.69) is 10.2 Å². The molecule has 14 heteroatoms. The van der Waals surface area contributed by atoms with Crippen LogP contribution in [0.3, 0.4) is 0 Å². The van der Waals surface area contributed by atoms with Crippen molar-refractivity contribution < 1.29 is 53.1 Å². The molecule has 44 heavy (non-hydrogen) atoms. The van der Waals surface area contributed by atoms with Crippen LogP contribution >= 0.6 is 0 Å². The van der Waals surface area contributed by atoms with Crippen molar-refractivity contribution >= 4 is 29.8 Å². The first kappa shape index (κ1) is 29.6. The predicted octanol–water partition coefficient (Wildman–Crippen LogP) is 2.88. The average Bonchev–Trinajstić information content (AvgIpc) is 3.63. The molecule has 1 aromatic heterocycles. The molecule has 1 aliphatic rings. The largest absolute Gasteiger partial charge is 0.476 e. The number of aromatic nitrogens is 3. The second-order valence-corrected chi connectivity index (χ2v) is 9.33. The number of carbonyl (C=O) groups is 5. The number of carboxylic acid groups (broad SMARTS) is 2. The summed E-state index contributed by atoms with van der Waals surface area (Å²) in [6.07, 6.45) is -5.94. The van der Waals surface area contributed by atoms with Crippen LogP contribution in [0.25, 0.3) is 0 Å². The summed E-state index contributed by atoms with van der Waals surface area (Å²) < 4.78 is 22.9. The molecular formula is C30H23N3O11. The molecule has 0 saturated carbocycles. The lowest BCUT2D eigenvalue weighted by molar-refractivity contribution is -0.0734. The summed E-state index contributed by atoms with van der Waals surface area (Å²) in [5.74, 6) is -5.83. The van der Waals surface area contributed by atoms with Crippen molar-refractivity contribution in [3.05, 3.63) is 119 Å². The van der Waals surface area contributed by atoms with Crippen LogP contribution in [0.4, 0.5) is 0 Å². The normalized spacial score (nSPS) is 19.1. The maximum Gasteiger partial charge on any atom is 0.359 e.